The summed E-state index contributed by atoms with van der Waals surface area (Å²) in [6.07, 6.45) is 1.64. The Morgan fingerprint density at radius 2 is 1.68 bits per heavy atom. The van der Waals surface area contributed by atoms with E-state index in [1.54, 1.807) is 33.7 Å². The SMILES string of the molecule is COc1ccc(-n2nnc3c(N4CCN(C(=O)C5CC(=O)N(c6ccc(F)cc6)C5)CC4)ncnc32)cc1. The minimum atomic E-state index is -0.422. The fourth-order valence-corrected chi connectivity index (χ4v) is 5.01. The van der Waals surface area contributed by atoms with Crippen molar-refractivity contribution in [1.82, 2.24) is 29.9 Å². The van der Waals surface area contributed by atoms with E-state index < -0.39 is 5.92 Å². The summed E-state index contributed by atoms with van der Waals surface area (Å²) >= 11 is 0. The molecule has 11 nitrogen and oxygen atoms in total. The predicted molar refractivity (Wildman–Crippen MR) is 137 cm³/mol. The summed E-state index contributed by atoms with van der Waals surface area (Å²) in [7, 11) is 1.61. The van der Waals surface area contributed by atoms with Gasteiger partial charge in [0.15, 0.2) is 17.0 Å². The third-order valence-corrected chi connectivity index (χ3v) is 7.04. The molecule has 2 aromatic carbocycles. The molecule has 2 aromatic heterocycles. The number of rotatable bonds is 5. The zero-order valence-corrected chi connectivity index (χ0v) is 20.7. The van der Waals surface area contributed by atoms with Crippen LogP contribution in [0.1, 0.15) is 6.42 Å². The normalized spacial score (nSPS) is 17.9. The van der Waals surface area contributed by atoms with Crippen molar-refractivity contribution in [2.24, 2.45) is 5.92 Å². The van der Waals surface area contributed by atoms with Crippen LogP contribution in [0.3, 0.4) is 0 Å². The number of hydrogen-bond donors (Lipinski definition) is 0. The third kappa shape index (κ3) is 4.27. The second-order valence-electron chi connectivity index (χ2n) is 9.26. The van der Waals surface area contributed by atoms with Crippen molar-refractivity contribution in [1.29, 1.82) is 0 Å². The number of piperazine rings is 1. The molecule has 0 aliphatic carbocycles. The molecule has 0 radical (unpaired) electrons. The molecule has 12 heteroatoms. The summed E-state index contributed by atoms with van der Waals surface area (Å²) in [6, 6.07) is 13.2. The molecule has 0 spiro atoms. The quantitative estimate of drug-likeness (QED) is 0.397. The van der Waals surface area contributed by atoms with E-state index in [0.29, 0.717) is 55.4 Å². The van der Waals surface area contributed by atoms with Crippen LogP contribution < -0.4 is 14.5 Å². The van der Waals surface area contributed by atoms with Crippen LogP contribution in [0, 0.1) is 11.7 Å². The molecule has 4 aromatic rings. The first-order valence-corrected chi connectivity index (χ1v) is 12.3. The maximum Gasteiger partial charge on any atom is 0.228 e. The molecule has 2 aliphatic heterocycles. The van der Waals surface area contributed by atoms with E-state index in [4.69, 9.17) is 4.74 Å². The minimum absolute atomic E-state index is 0.0408. The molecular formula is C26H25FN8O3. The summed E-state index contributed by atoms with van der Waals surface area (Å²) in [4.78, 5) is 40.1. The van der Waals surface area contributed by atoms with Crippen molar-refractivity contribution in [3.8, 4) is 11.4 Å². The first-order valence-electron chi connectivity index (χ1n) is 12.3. The molecule has 2 fully saturated rings. The van der Waals surface area contributed by atoms with Crippen LogP contribution in [-0.4, -0.2) is 81.5 Å². The van der Waals surface area contributed by atoms with E-state index in [9.17, 15) is 14.0 Å². The lowest BCUT2D eigenvalue weighted by molar-refractivity contribution is -0.136. The van der Waals surface area contributed by atoms with Gasteiger partial charge in [-0.25, -0.2) is 14.4 Å². The Labute approximate surface area is 217 Å². The van der Waals surface area contributed by atoms with Crippen molar-refractivity contribution in [3.05, 3.63) is 60.7 Å². The van der Waals surface area contributed by atoms with Gasteiger partial charge in [0.1, 0.15) is 17.9 Å². The van der Waals surface area contributed by atoms with E-state index in [2.05, 4.69) is 25.2 Å². The standard InChI is InChI=1S/C26H25FN8O3/c1-38-21-8-6-20(7-9-21)35-25-23(30-31-35)24(28-16-29-25)32-10-12-33(13-11-32)26(37)17-14-22(36)34(15-17)19-4-2-18(27)3-5-19/h2-9,16-17H,10-15H2,1H3. The molecule has 1 unspecified atom stereocenters. The van der Waals surface area contributed by atoms with E-state index in [1.165, 1.54) is 18.5 Å². The van der Waals surface area contributed by atoms with Gasteiger partial charge < -0.3 is 19.4 Å². The number of methoxy groups -OCH3 is 1. The van der Waals surface area contributed by atoms with Crippen molar-refractivity contribution in [2.45, 2.75) is 6.42 Å². The molecule has 0 saturated carbocycles. The van der Waals surface area contributed by atoms with Gasteiger partial charge in [0.05, 0.1) is 18.7 Å². The number of hydrogen-bond acceptors (Lipinski definition) is 8. The highest BCUT2D eigenvalue weighted by Gasteiger charge is 2.38. The number of ether oxygens (including phenoxy) is 1. The van der Waals surface area contributed by atoms with Crippen LogP contribution in [0.2, 0.25) is 0 Å². The molecule has 38 heavy (non-hydrogen) atoms. The summed E-state index contributed by atoms with van der Waals surface area (Å²) in [6.45, 7) is 2.42. The summed E-state index contributed by atoms with van der Waals surface area (Å²) in [5, 5.41) is 8.64. The van der Waals surface area contributed by atoms with Crippen molar-refractivity contribution < 1.29 is 18.7 Å². The molecule has 2 aliphatic rings. The number of fused-ring (bicyclic) bond motifs is 1. The van der Waals surface area contributed by atoms with Crippen LogP contribution in [0.4, 0.5) is 15.9 Å². The molecule has 6 rings (SSSR count). The smallest absolute Gasteiger partial charge is 0.228 e. The highest BCUT2D eigenvalue weighted by atomic mass is 19.1. The summed E-state index contributed by atoms with van der Waals surface area (Å²) in [5.74, 6) is 0.452. The van der Waals surface area contributed by atoms with E-state index in [-0.39, 0.29) is 24.1 Å². The zero-order valence-electron chi connectivity index (χ0n) is 20.7. The third-order valence-electron chi connectivity index (χ3n) is 7.04. The Hall–Kier alpha value is -4.61. The number of aromatic nitrogens is 5. The van der Waals surface area contributed by atoms with E-state index >= 15 is 0 Å². The van der Waals surface area contributed by atoms with Crippen LogP contribution >= 0.6 is 0 Å². The van der Waals surface area contributed by atoms with Crippen LogP contribution in [0.5, 0.6) is 5.75 Å². The van der Waals surface area contributed by atoms with Crippen molar-refractivity contribution >= 4 is 34.5 Å². The average Bonchev–Trinajstić information content (AvgIpc) is 3.57. The first kappa shape index (κ1) is 23.8. The average molecular weight is 517 g/mol. The number of anilines is 2. The lowest BCUT2D eigenvalue weighted by atomic mass is 10.1. The molecule has 1 atom stereocenters. The summed E-state index contributed by atoms with van der Waals surface area (Å²) < 4.78 is 20.2. The van der Waals surface area contributed by atoms with E-state index in [1.807, 2.05) is 24.3 Å². The van der Waals surface area contributed by atoms with Gasteiger partial charge in [-0.2, -0.15) is 4.68 Å². The number of benzene rings is 2. The number of carbonyl (C=O) groups is 2. The fourth-order valence-electron chi connectivity index (χ4n) is 5.01. The van der Waals surface area contributed by atoms with Gasteiger partial charge in [-0.05, 0) is 48.5 Å². The van der Waals surface area contributed by atoms with Gasteiger partial charge in [0, 0.05) is 44.8 Å². The summed E-state index contributed by atoms with van der Waals surface area (Å²) in [5.41, 5.74) is 2.57. The molecule has 2 saturated heterocycles. The number of nitrogens with zero attached hydrogens (tertiary/aromatic N) is 8. The van der Waals surface area contributed by atoms with Gasteiger partial charge in [-0.1, -0.05) is 5.21 Å². The first-order chi connectivity index (χ1) is 18.5. The Balaban J connectivity index is 1.13. The maximum atomic E-state index is 13.3. The highest BCUT2D eigenvalue weighted by Crippen LogP contribution is 2.28. The van der Waals surface area contributed by atoms with Gasteiger partial charge >= 0.3 is 0 Å². The largest absolute Gasteiger partial charge is 0.497 e. The fraction of sp³-hybridized carbons (Fsp3) is 0.308. The van der Waals surface area contributed by atoms with Gasteiger partial charge in [0.25, 0.3) is 0 Å². The Morgan fingerprint density at radius 1 is 0.974 bits per heavy atom. The Bertz CT molecular complexity index is 1480. The number of amides is 2. The van der Waals surface area contributed by atoms with Crippen LogP contribution in [0.25, 0.3) is 16.9 Å². The van der Waals surface area contributed by atoms with Crippen molar-refractivity contribution in [3.63, 3.8) is 0 Å². The Morgan fingerprint density at radius 3 is 2.39 bits per heavy atom. The maximum absolute atomic E-state index is 13.3. The van der Waals surface area contributed by atoms with Gasteiger partial charge in [-0.3, -0.25) is 9.59 Å². The second-order valence-corrected chi connectivity index (χ2v) is 9.26. The predicted octanol–water partition coefficient (Wildman–Crippen LogP) is 2.06. The number of halogens is 1. The highest BCUT2D eigenvalue weighted by molar-refractivity contribution is 6.00. The molecule has 194 valence electrons. The molecule has 2 amide bonds. The topological polar surface area (TPSA) is 110 Å². The van der Waals surface area contributed by atoms with Crippen molar-refractivity contribution in [2.75, 3.05) is 49.6 Å². The van der Waals surface area contributed by atoms with Crippen LogP contribution in [-0.2, 0) is 9.59 Å². The molecule has 0 bridgehead atoms. The van der Waals surface area contributed by atoms with Gasteiger partial charge in [0.2, 0.25) is 11.8 Å². The van der Waals surface area contributed by atoms with E-state index in [0.717, 1.165) is 11.4 Å². The van der Waals surface area contributed by atoms with Crippen LogP contribution in [0.15, 0.2) is 54.9 Å². The molecule has 4 heterocycles. The lowest BCUT2D eigenvalue weighted by Gasteiger charge is -2.36. The molecular weight excluding hydrogens is 491 g/mol. The zero-order chi connectivity index (χ0) is 26.2. The molecule has 0 N–H and O–H groups in total. The second kappa shape index (κ2) is 9.69. The Kier molecular flexibility index (Phi) is 6.06. The van der Waals surface area contributed by atoms with Gasteiger partial charge in [-0.15, -0.1) is 5.10 Å². The lowest BCUT2D eigenvalue weighted by Crippen LogP contribution is -2.51. The number of carbonyl (C=O) groups excluding carboxylic acids is 2. The monoisotopic (exact) mass is 516 g/mol. The minimum Gasteiger partial charge on any atom is -0.497 e.